The van der Waals surface area contributed by atoms with Crippen molar-refractivity contribution in [3.05, 3.63) is 71.3 Å². The Bertz CT molecular complexity index is 672. The Hall–Kier alpha value is -2.76. The van der Waals surface area contributed by atoms with E-state index in [0.717, 1.165) is 0 Å². The topological polar surface area (TPSA) is 58.2 Å². The molecule has 0 atom stereocenters. The minimum atomic E-state index is -0.856. The average molecular weight is 304 g/mol. The Labute approximate surface area is 126 Å². The first kappa shape index (κ1) is 15.6. The molecule has 6 heteroatoms. The summed E-state index contributed by atoms with van der Waals surface area (Å²) in [7, 11) is 0. The van der Waals surface area contributed by atoms with Crippen molar-refractivity contribution in [1.82, 2.24) is 10.6 Å². The molecule has 114 valence electrons. The predicted molar refractivity (Wildman–Crippen MR) is 76.5 cm³/mol. The number of carbonyl (C=O) groups excluding carboxylic acids is 2. The summed E-state index contributed by atoms with van der Waals surface area (Å²) in [5.41, 5.74) is 0.957. The third-order valence-corrected chi connectivity index (χ3v) is 2.97. The number of rotatable bonds is 4. The molecule has 2 N–H and O–H groups in total. The van der Waals surface area contributed by atoms with Gasteiger partial charge in [-0.3, -0.25) is 9.59 Å². The van der Waals surface area contributed by atoms with E-state index in [4.69, 9.17) is 0 Å². The van der Waals surface area contributed by atoms with E-state index in [0.29, 0.717) is 11.1 Å². The lowest BCUT2D eigenvalue weighted by Gasteiger charge is -2.07. The van der Waals surface area contributed by atoms with Gasteiger partial charge in [-0.05, 0) is 23.8 Å². The summed E-state index contributed by atoms with van der Waals surface area (Å²) in [6.45, 7) is 0.0295. The second kappa shape index (κ2) is 7.31. The number of amides is 2. The molecule has 4 nitrogen and oxygen atoms in total. The summed E-state index contributed by atoms with van der Waals surface area (Å²) >= 11 is 0. The summed E-state index contributed by atoms with van der Waals surface area (Å²) in [6.07, 6.45) is 0. The SMILES string of the molecule is O=C(NCc1ccc(F)cc1)C(=O)NCc1ccccc1F. The molecule has 0 radical (unpaired) electrons. The largest absolute Gasteiger partial charge is 0.344 e. The van der Waals surface area contributed by atoms with Gasteiger partial charge in [-0.25, -0.2) is 8.78 Å². The fraction of sp³-hybridized carbons (Fsp3) is 0.125. The minimum absolute atomic E-state index is 0.0739. The number of carbonyl (C=O) groups is 2. The second-order valence-electron chi connectivity index (χ2n) is 4.58. The lowest BCUT2D eigenvalue weighted by Crippen LogP contribution is -2.39. The Balaban J connectivity index is 1.81. The molecule has 0 fully saturated rings. The fourth-order valence-corrected chi connectivity index (χ4v) is 1.76. The summed E-state index contributed by atoms with van der Waals surface area (Å²) in [5, 5.41) is 4.74. The van der Waals surface area contributed by atoms with Crippen molar-refractivity contribution < 1.29 is 18.4 Å². The Morgan fingerprint density at radius 3 is 2.05 bits per heavy atom. The van der Waals surface area contributed by atoms with Crippen LogP contribution in [0.3, 0.4) is 0 Å². The standard InChI is InChI=1S/C16H14F2N2O2/c17-13-7-5-11(6-8-13)9-19-15(21)16(22)20-10-12-3-1-2-4-14(12)18/h1-8H,9-10H2,(H,19,21)(H,20,22). The van der Waals surface area contributed by atoms with Crippen LogP contribution >= 0.6 is 0 Å². The van der Waals surface area contributed by atoms with Crippen molar-refractivity contribution in [3.8, 4) is 0 Å². The number of hydrogen-bond acceptors (Lipinski definition) is 2. The zero-order valence-electron chi connectivity index (χ0n) is 11.6. The van der Waals surface area contributed by atoms with Crippen molar-refractivity contribution >= 4 is 11.8 Å². The van der Waals surface area contributed by atoms with Gasteiger partial charge in [0.1, 0.15) is 11.6 Å². The molecule has 0 heterocycles. The summed E-state index contributed by atoms with van der Waals surface area (Å²) in [4.78, 5) is 23.2. The molecule has 0 spiro atoms. The van der Waals surface area contributed by atoms with E-state index < -0.39 is 17.6 Å². The second-order valence-corrected chi connectivity index (χ2v) is 4.58. The molecule has 0 saturated heterocycles. The lowest BCUT2D eigenvalue weighted by atomic mass is 10.2. The number of halogens is 2. The van der Waals surface area contributed by atoms with Crippen molar-refractivity contribution in [2.45, 2.75) is 13.1 Å². The molecule has 0 aliphatic heterocycles. The van der Waals surface area contributed by atoms with Crippen LogP contribution in [-0.4, -0.2) is 11.8 Å². The Morgan fingerprint density at radius 2 is 1.41 bits per heavy atom. The molecule has 2 aromatic rings. The molecule has 0 unspecified atom stereocenters. The maximum atomic E-state index is 13.4. The third kappa shape index (κ3) is 4.37. The van der Waals surface area contributed by atoms with Crippen LogP contribution in [0.15, 0.2) is 48.5 Å². The summed E-state index contributed by atoms with van der Waals surface area (Å²) in [6, 6.07) is 11.5. The number of nitrogens with one attached hydrogen (secondary N) is 2. The van der Waals surface area contributed by atoms with E-state index >= 15 is 0 Å². The van der Waals surface area contributed by atoms with Gasteiger partial charge in [0.05, 0.1) is 0 Å². The third-order valence-electron chi connectivity index (χ3n) is 2.97. The van der Waals surface area contributed by atoms with E-state index in [1.54, 1.807) is 6.07 Å². The molecule has 0 aliphatic rings. The quantitative estimate of drug-likeness (QED) is 0.848. The smallest absolute Gasteiger partial charge is 0.309 e. The van der Waals surface area contributed by atoms with Crippen molar-refractivity contribution in [2.75, 3.05) is 0 Å². The van der Waals surface area contributed by atoms with Gasteiger partial charge >= 0.3 is 11.8 Å². The Morgan fingerprint density at radius 1 is 0.818 bits per heavy atom. The van der Waals surface area contributed by atoms with E-state index in [9.17, 15) is 18.4 Å². The molecular formula is C16H14F2N2O2. The van der Waals surface area contributed by atoms with Gasteiger partial charge in [-0.1, -0.05) is 30.3 Å². The molecule has 2 aromatic carbocycles. The highest BCUT2D eigenvalue weighted by Crippen LogP contribution is 2.05. The highest BCUT2D eigenvalue weighted by molar-refractivity contribution is 6.35. The molecule has 0 aromatic heterocycles. The Kier molecular flexibility index (Phi) is 5.19. The summed E-state index contributed by atoms with van der Waals surface area (Å²) in [5.74, 6) is -2.52. The van der Waals surface area contributed by atoms with Crippen LogP contribution in [0.25, 0.3) is 0 Å². The monoisotopic (exact) mass is 304 g/mol. The predicted octanol–water partition coefficient (Wildman–Crippen LogP) is 1.90. The van der Waals surface area contributed by atoms with Crippen LogP contribution in [0, 0.1) is 11.6 Å². The van der Waals surface area contributed by atoms with Crippen molar-refractivity contribution in [3.63, 3.8) is 0 Å². The van der Waals surface area contributed by atoms with Crippen LogP contribution in [0.4, 0.5) is 8.78 Å². The first-order chi connectivity index (χ1) is 10.6. The molecule has 2 rings (SSSR count). The van der Waals surface area contributed by atoms with Crippen LogP contribution in [0.2, 0.25) is 0 Å². The van der Waals surface area contributed by atoms with Gasteiger partial charge in [0.2, 0.25) is 0 Å². The van der Waals surface area contributed by atoms with E-state index in [1.807, 2.05) is 0 Å². The van der Waals surface area contributed by atoms with Crippen LogP contribution in [0.1, 0.15) is 11.1 Å². The maximum Gasteiger partial charge on any atom is 0.309 e. The molecule has 0 saturated carbocycles. The molecule has 0 bridgehead atoms. The van der Waals surface area contributed by atoms with Gasteiger partial charge in [-0.2, -0.15) is 0 Å². The number of benzene rings is 2. The van der Waals surface area contributed by atoms with Crippen molar-refractivity contribution in [1.29, 1.82) is 0 Å². The molecule has 2 amide bonds. The minimum Gasteiger partial charge on any atom is -0.344 e. The summed E-state index contributed by atoms with van der Waals surface area (Å²) < 4.78 is 26.1. The first-order valence-corrected chi connectivity index (χ1v) is 6.60. The van der Waals surface area contributed by atoms with Gasteiger partial charge < -0.3 is 10.6 Å². The van der Waals surface area contributed by atoms with Crippen molar-refractivity contribution in [2.24, 2.45) is 0 Å². The number of hydrogen-bond donors (Lipinski definition) is 2. The van der Waals surface area contributed by atoms with Crippen LogP contribution in [0.5, 0.6) is 0 Å². The molecule has 22 heavy (non-hydrogen) atoms. The van der Waals surface area contributed by atoms with Gasteiger partial charge in [0.15, 0.2) is 0 Å². The van der Waals surface area contributed by atoms with E-state index in [2.05, 4.69) is 10.6 Å². The van der Waals surface area contributed by atoms with Gasteiger partial charge in [-0.15, -0.1) is 0 Å². The zero-order chi connectivity index (χ0) is 15.9. The van der Waals surface area contributed by atoms with E-state index in [-0.39, 0.29) is 18.9 Å². The lowest BCUT2D eigenvalue weighted by molar-refractivity contribution is -0.139. The average Bonchev–Trinajstić information content (AvgIpc) is 2.53. The van der Waals surface area contributed by atoms with E-state index in [1.165, 1.54) is 42.5 Å². The normalized spacial score (nSPS) is 10.1. The maximum absolute atomic E-state index is 13.4. The van der Waals surface area contributed by atoms with Gasteiger partial charge in [0, 0.05) is 18.7 Å². The zero-order valence-corrected chi connectivity index (χ0v) is 11.6. The first-order valence-electron chi connectivity index (χ1n) is 6.60. The molecule has 0 aliphatic carbocycles. The highest BCUT2D eigenvalue weighted by Gasteiger charge is 2.13. The van der Waals surface area contributed by atoms with Crippen LogP contribution in [-0.2, 0) is 22.7 Å². The van der Waals surface area contributed by atoms with Gasteiger partial charge in [0.25, 0.3) is 0 Å². The highest BCUT2D eigenvalue weighted by atomic mass is 19.1. The van der Waals surface area contributed by atoms with Crippen LogP contribution < -0.4 is 10.6 Å². The molecular weight excluding hydrogens is 290 g/mol. The fourth-order valence-electron chi connectivity index (χ4n) is 1.76.